The van der Waals surface area contributed by atoms with Crippen LogP contribution in [-0.2, 0) is 23.7 Å². The van der Waals surface area contributed by atoms with Crippen LogP contribution in [0.25, 0.3) is 11.4 Å². The lowest BCUT2D eigenvalue weighted by Crippen LogP contribution is -2.36. The summed E-state index contributed by atoms with van der Waals surface area (Å²) in [6.45, 7) is -0.274. The first-order valence-electron chi connectivity index (χ1n) is 12.1. The number of rotatable bonds is 7. The van der Waals surface area contributed by atoms with Crippen molar-refractivity contribution in [3.8, 4) is 11.4 Å². The first-order chi connectivity index (χ1) is 18.4. The molecule has 0 saturated heterocycles. The molecule has 14 heteroatoms. The van der Waals surface area contributed by atoms with Gasteiger partial charge in [-0.2, -0.15) is 41.3 Å². The molecule has 1 fully saturated rings. The summed E-state index contributed by atoms with van der Waals surface area (Å²) in [5.74, 6) is -0.0413. The fourth-order valence-electron chi connectivity index (χ4n) is 4.34. The van der Waals surface area contributed by atoms with E-state index in [0.717, 1.165) is 30.6 Å². The van der Waals surface area contributed by atoms with Crippen molar-refractivity contribution >= 4 is 17.8 Å². The number of hydrogen-bond acceptors (Lipinski definition) is 7. The number of nitrogens with one attached hydrogen (secondary N) is 3. The number of carbonyl (C=O) groups excluding carboxylic acids is 1. The Kier molecular flexibility index (Phi) is 8.21. The van der Waals surface area contributed by atoms with Crippen LogP contribution in [0.4, 0.5) is 38.2 Å². The van der Waals surface area contributed by atoms with Gasteiger partial charge in [0.05, 0.1) is 11.1 Å². The van der Waals surface area contributed by atoms with E-state index in [-0.39, 0.29) is 47.7 Å². The molecule has 0 unspecified atom stereocenters. The van der Waals surface area contributed by atoms with E-state index in [1.54, 1.807) is 7.05 Å². The molecule has 0 spiro atoms. The van der Waals surface area contributed by atoms with Gasteiger partial charge in [0.1, 0.15) is 0 Å². The molecule has 3 N–H and O–H groups in total. The number of anilines is 2. The quantitative estimate of drug-likeness (QED) is 0.341. The molecule has 1 aromatic carbocycles. The predicted molar refractivity (Wildman–Crippen MR) is 130 cm³/mol. The number of aromatic nitrogens is 4. The van der Waals surface area contributed by atoms with Gasteiger partial charge in [0, 0.05) is 49.1 Å². The average Bonchev–Trinajstić information content (AvgIpc) is 2.91. The molecule has 0 atom stereocenters. The normalized spacial score (nSPS) is 17.9. The predicted octanol–water partition coefficient (Wildman–Crippen LogP) is 5.30. The third kappa shape index (κ3) is 7.12. The second-order valence-corrected chi connectivity index (χ2v) is 9.07. The van der Waals surface area contributed by atoms with Gasteiger partial charge in [-0.1, -0.05) is 12.1 Å². The number of amides is 1. The Labute approximate surface area is 219 Å². The standard InChI is InChI=1S/C25H25F6N7O/c1-32-22-36-20(14-2-6-17(7-3-14)24(26,27)28)37-23(38-22)35-18-8-4-15(5-9-18)21(39)34-13-16-12-33-11-10-19(16)25(29,30)31/h2-3,6-7,10-12,15,18H,4-5,8-9,13H2,1H3,(H,34,39)(H2,32,35,36,37,38)/t15-,18+. The van der Waals surface area contributed by atoms with Gasteiger partial charge in [-0.05, 0) is 43.9 Å². The highest BCUT2D eigenvalue weighted by atomic mass is 19.4. The lowest BCUT2D eigenvalue weighted by atomic mass is 9.85. The van der Waals surface area contributed by atoms with E-state index in [2.05, 4.69) is 35.9 Å². The summed E-state index contributed by atoms with van der Waals surface area (Å²) in [6.07, 6.45) is -4.69. The van der Waals surface area contributed by atoms with Crippen LogP contribution in [0.5, 0.6) is 0 Å². The van der Waals surface area contributed by atoms with Crippen LogP contribution in [0.2, 0.25) is 0 Å². The maximum absolute atomic E-state index is 13.2. The fourth-order valence-corrected chi connectivity index (χ4v) is 4.34. The molecule has 0 radical (unpaired) electrons. The van der Waals surface area contributed by atoms with Crippen LogP contribution in [0.1, 0.15) is 42.4 Å². The lowest BCUT2D eigenvalue weighted by molar-refractivity contribution is -0.139. The number of carbonyl (C=O) groups is 1. The van der Waals surface area contributed by atoms with Gasteiger partial charge < -0.3 is 16.0 Å². The maximum atomic E-state index is 13.2. The molecule has 2 heterocycles. The molecule has 0 aliphatic heterocycles. The molecule has 1 aliphatic carbocycles. The van der Waals surface area contributed by atoms with Crippen LogP contribution < -0.4 is 16.0 Å². The molecule has 1 aliphatic rings. The minimum Gasteiger partial charge on any atom is -0.357 e. The number of pyridine rings is 1. The zero-order valence-corrected chi connectivity index (χ0v) is 20.7. The summed E-state index contributed by atoms with van der Waals surface area (Å²) < 4.78 is 78.2. The van der Waals surface area contributed by atoms with Gasteiger partial charge in [-0.15, -0.1) is 0 Å². The molecular weight excluding hydrogens is 528 g/mol. The van der Waals surface area contributed by atoms with E-state index in [9.17, 15) is 31.1 Å². The topological polar surface area (TPSA) is 105 Å². The highest BCUT2D eigenvalue weighted by Gasteiger charge is 2.34. The highest BCUT2D eigenvalue weighted by Crippen LogP contribution is 2.33. The number of alkyl halides is 6. The van der Waals surface area contributed by atoms with Crippen molar-refractivity contribution in [3.05, 3.63) is 59.4 Å². The van der Waals surface area contributed by atoms with Crippen molar-refractivity contribution in [2.24, 2.45) is 5.92 Å². The van der Waals surface area contributed by atoms with Crippen molar-refractivity contribution < 1.29 is 31.1 Å². The van der Waals surface area contributed by atoms with Crippen LogP contribution in [-0.4, -0.2) is 38.9 Å². The summed E-state index contributed by atoms with van der Waals surface area (Å²) in [4.78, 5) is 29.2. The Morgan fingerprint density at radius 3 is 2.18 bits per heavy atom. The van der Waals surface area contributed by atoms with E-state index < -0.39 is 23.5 Å². The van der Waals surface area contributed by atoms with Crippen molar-refractivity contribution in [1.82, 2.24) is 25.3 Å². The molecule has 39 heavy (non-hydrogen) atoms. The monoisotopic (exact) mass is 553 g/mol. The van der Waals surface area contributed by atoms with Crippen LogP contribution in [0, 0.1) is 5.92 Å². The van der Waals surface area contributed by atoms with Crippen molar-refractivity contribution in [1.29, 1.82) is 0 Å². The van der Waals surface area contributed by atoms with E-state index >= 15 is 0 Å². The number of nitrogens with zero attached hydrogens (tertiary/aromatic N) is 4. The average molecular weight is 554 g/mol. The van der Waals surface area contributed by atoms with Crippen molar-refractivity contribution in [2.75, 3.05) is 17.7 Å². The first kappa shape index (κ1) is 28.0. The highest BCUT2D eigenvalue weighted by molar-refractivity contribution is 5.78. The summed E-state index contributed by atoms with van der Waals surface area (Å²) in [5, 5.41) is 8.59. The molecular formula is C25H25F6N7O. The third-order valence-corrected chi connectivity index (χ3v) is 6.42. The van der Waals surface area contributed by atoms with Crippen molar-refractivity contribution in [3.63, 3.8) is 0 Å². The van der Waals surface area contributed by atoms with Gasteiger partial charge >= 0.3 is 12.4 Å². The molecule has 2 aromatic heterocycles. The van der Waals surface area contributed by atoms with Crippen LogP contribution in [0.3, 0.4) is 0 Å². The van der Waals surface area contributed by atoms with E-state index in [0.29, 0.717) is 31.2 Å². The van der Waals surface area contributed by atoms with E-state index in [1.807, 2.05) is 0 Å². The van der Waals surface area contributed by atoms with Crippen LogP contribution >= 0.6 is 0 Å². The summed E-state index contributed by atoms with van der Waals surface area (Å²) in [5.41, 5.74) is -1.34. The second-order valence-electron chi connectivity index (χ2n) is 9.07. The van der Waals surface area contributed by atoms with E-state index in [1.165, 1.54) is 12.1 Å². The fraction of sp³-hybridized carbons (Fsp3) is 0.400. The van der Waals surface area contributed by atoms with Gasteiger partial charge in [-0.3, -0.25) is 9.78 Å². The molecule has 1 amide bonds. The first-order valence-corrected chi connectivity index (χ1v) is 12.1. The molecule has 3 aromatic rings. The summed E-state index contributed by atoms with van der Waals surface area (Å²) >= 11 is 0. The second kappa shape index (κ2) is 11.4. The van der Waals surface area contributed by atoms with Gasteiger partial charge in [0.15, 0.2) is 5.82 Å². The summed E-state index contributed by atoms with van der Waals surface area (Å²) in [7, 11) is 1.60. The minimum atomic E-state index is -4.54. The molecule has 0 bridgehead atoms. The zero-order chi connectivity index (χ0) is 28.2. The Hall–Kier alpha value is -3.97. The number of benzene rings is 1. The Balaban J connectivity index is 1.35. The SMILES string of the molecule is CNc1nc(N[C@H]2CC[C@@H](C(=O)NCc3cnccc3C(F)(F)F)CC2)nc(-c2ccc(C(F)(F)F)cc2)n1. The van der Waals surface area contributed by atoms with Gasteiger partial charge in [0.2, 0.25) is 17.8 Å². The summed E-state index contributed by atoms with van der Waals surface area (Å²) in [6, 6.07) is 5.27. The Morgan fingerprint density at radius 2 is 1.56 bits per heavy atom. The zero-order valence-electron chi connectivity index (χ0n) is 20.7. The molecule has 4 rings (SSSR count). The smallest absolute Gasteiger partial charge is 0.357 e. The van der Waals surface area contributed by atoms with Crippen LogP contribution in [0.15, 0.2) is 42.7 Å². The Bertz CT molecular complexity index is 1290. The lowest BCUT2D eigenvalue weighted by Gasteiger charge is -2.28. The van der Waals surface area contributed by atoms with Gasteiger partial charge in [-0.25, -0.2) is 0 Å². The number of hydrogen-bond donors (Lipinski definition) is 3. The molecule has 1 saturated carbocycles. The minimum absolute atomic E-state index is 0.0863. The van der Waals surface area contributed by atoms with E-state index in [4.69, 9.17) is 0 Å². The largest absolute Gasteiger partial charge is 0.416 e. The Morgan fingerprint density at radius 1 is 0.897 bits per heavy atom. The molecule has 208 valence electrons. The number of halogens is 6. The third-order valence-electron chi connectivity index (χ3n) is 6.42. The van der Waals surface area contributed by atoms with Gasteiger partial charge in [0.25, 0.3) is 0 Å². The maximum Gasteiger partial charge on any atom is 0.416 e. The van der Waals surface area contributed by atoms with Crippen molar-refractivity contribution in [2.45, 2.75) is 50.6 Å². The molecule has 8 nitrogen and oxygen atoms in total.